The Morgan fingerprint density at radius 2 is 2.17 bits per heavy atom. The number of nitrogens with two attached hydrogens (primary N) is 1. The van der Waals surface area contributed by atoms with E-state index in [1.54, 1.807) is 24.3 Å². The van der Waals surface area contributed by atoms with Gasteiger partial charge in [0.1, 0.15) is 17.4 Å². The minimum Gasteiger partial charge on any atom is -0.484 e. The molecule has 7 heteroatoms. The van der Waals surface area contributed by atoms with Crippen molar-refractivity contribution >= 4 is 17.9 Å². The molecule has 0 saturated carbocycles. The first-order valence-corrected chi connectivity index (χ1v) is 7.61. The van der Waals surface area contributed by atoms with Crippen molar-refractivity contribution in [3.05, 3.63) is 35.4 Å². The lowest BCUT2D eigenvalue weighted by atomic mass is 10.1. The first kappa shape index (κ1) is 17.5. The molecule has 1 atom stereocenters. The van der Waals surface area contributed by atoms with E-state index in [0.717, 1.165) is 12.8 Å². The second-order valence-corrected chi connectivity index (χ2v) is 5.34. The lowest BCUT2D eigenvalue weighted by Gasteiger charge is -2.10. The van der Waals surface area contributed by atoms with Crippen molar-refractivity contribution < 1.29 is 19.1 Å². The molecular weight excluding hydrogens is 310 g/mol. The molecule has 0 bridgehead atoms. The Bertz CT molecular complexity index is 655. The summed E-state index contributed by atoms with van der Waals surface area (Å²) in [6, 6.07) is 8.53. The van der Waals surface area contributed by atoms with Crippen molar-refractivity contribution in [1.82, 2.24) is 5.32 Å². The smallest absolute Gasteiger partial charge is 0.262 e. The quantitative estimate of drug-likeness (QED) is 0.566. The van der Waals surface area contributed by atoms with Gasteiger partial charge >= 0.3 is 0 Å². The van der Waals surface area contributed by atoms with Crippen LogP contribution in [0, 0.1) is 11.3 Å². The lowest BCUT2D eigenvalue weighted by molar-refractivity contribution is -0.120. The highest BCUT2D eigenvalue weighted by atomic mass is 16.5. The third kappa shape index (κ3) is 5.41. The molecule has 24 heavy (non-hydrogen) atoms. The van der Waals surface area contributed by atoms with Gasteiger partial charge in [-0.05, 0) is 36.6 Å². The number of rotatable bonds is 7. The molecule has 0 radical (unpaired) electrons. The maximum absolute atomic E-state index is 12.0. The van der Waals surface area contributed by atoms with Gasteiger partial charge < -0.3 is 20.5 Å². The van der Waals surface area contributed by atoms with Crippen LogP contribution in [-0.4, -0.2) is 37.7 Å². The van der Waals surface area contributed by atoms with Gasteiger partial charge in [-0.25, -0.2) is 0 Å². The maximum atomic E-state index is 12.0. The first-order chi connectivity index (χ1) is 11.6. The second kappa shape index (κ2) is 8.70. The molecule has 0 aromatic heterocycles. The first-order valence-electron chi connectivity index (χ1n) is 7.61. The number of carbonyl (C=O) groups excluding carboxylic acids is 2. The summed E-state index contributed by atoms with van der Waals surface area (Å²) in [5, 5.41) is 11.9. The SMILES string of the molecule is N#C/C(=C/c1ccc(OCC(N)=O)cc1)C(=O)NC[C@@H]1CCCO1. The molecule has 1 aliphatic heterocycles. The second-order valence-electron chi connectivity index (χ2n) is 5.34. The van der Waals surface area contributed by atoms with Crippen LogP contribution in [0.2, 0.25) is 0 Å². The summed E-state index contributed by atoms with van der Waals surface area (Å²) in [4.78, 5) is 22.7. The molecule has 2 amide bonds. The molecule has 1 saturated heterocycles. The minimum atomic E-state index is -0.561. The summed E-state index contributed by atoms with van der Waals surface area (Å²) in [6.45, 7) is 0.910. The Balaban J connectivity index is 1.94. The monoisotopic (exact) mass is 329 g/mol. The topological polar surface area (TPSA) is 114 Å². The van der Waals surface area contributed by atoms with E-state index in [9.17, 15) is 9.59 Å². The number of nitrogens with zero attached hydrogens (tertiary/aromatic N) is 1. The highest BCUT2D eigenvalue weighted by Crippen LogP contribution is 2.15. The van der Waals surface area contributed by atoms with Gasteiger partial charge in [0.05, 0.1) is 6.10 Å². The number of amides is 2. The summed E-state index contributed by atoms with van der Waals surface area (Å²) < 4.78 is 10.6. The fourth-order valence-electron chi connectivity index (χ4n) is 2.24. The number of ether oxygens (including phenoxy) is 2. The van der Waals surface area contributed by atoms with E-state index in [2.05, 4.69) is 5.32 Å². The van der Waals surface area contributed by atoms with Gasteiger partial charge in [0, 0.05) is 13.2 Å². The molecular formula is C17H19N3O4. The van der Waals surface area contributed by atoms with Gasteiger partial charge in [0.2, 0.25) is 0 Å². The number of hydrogen-bond acceptors (Lipinski definition) is 5. The molecule has 0 aliphatic carbocycles. The fraction of sp³-hybridized carbons (Fsp3) is 0.353. The largest absolute Gasteiger partial charge is 0.484 e. The van der Waals surface area contributed by atoms with E-state index in [0.29, 0.717) is 24.5 Å². The number of nitriles is 1. The van der Waals surface area contributed by atoms with Crippen molar-refractivity contribution in [2.24, 2.45) is 5.73 Å². The summed E-state index contributed by atoms with van der Waals surface area (Å²) in [5.74, 6) is -0.511. The number of hydrogen-bond donors (Lipinski definition) is 2. The Morgan fingerprint density at radius 3 is 2.75 bits per heavy atom. The van der Waals surface area contributed by atoms with Crippen molar-refractivity contribution in [2.45, 2.75) is 18.9 Å². The van der Waals surface area contributed by atoms with E-state index < -0.39 is 11.8 Å². The molecule has 1 fully saturated rings. The van der Waals surface area contributed by atoms with Crippen molar-refractivity contribution in [3.63, 3.8) is 0 Å². The summed E-state index contributed by atoms with van der Waals surface area (Å²) in [6.07, 6.45) is 3.42. The maximum Gasteiger partial charge on any atom is 0.262 e. The van der Waals surface area contributed by atoms with E-state index in [1.807, 2.05) is 6.07 Å². The van der Waals surface area contributed by atoms with Crippen LogP contribution in [0.25, 0.3) is 6.08 Å². The predicted molar refractivity (Wildman–Crippen MR) is 86.7 cm³/mol. The average molecular weight is 329 g/mol. The van der Waals surface area contributed by atoms with Crippen molar-refractivity contribution in [2.75, 3.05) is 19.8 Å². The Kier molecular flexibility index (Phi) is 6.34. The third-order valence-electron chi connectivity index (χ3n) is 3.45. The zero-order valence-corrected chi connectivity index (χ0v) is 13.2. The van der Waals surface area contributed by atoms with Crippen molar-refractivity contribution in [1.29, 1.82) is 5.26 Å². The van der Waals surface area contributed by atoms with Gasteiger partial charge in [0.25, 0.3) is 11.8 Å². The highest BCUT2D eigenvalue weighted by Gasteiger charge is 2.17. The molecule has 2 rings (SSSR count). The Hall–Kier alpha value is -2.85. The van der Waals surface area contributed by atoms with Gasteiger partial charge in [-0.1, -0.05) is 12.1 Å². The molecule has 1 aromatic carbocycles. The summed E-state index contributed by atoms with van der Waals surface area (Å²) in [5.41, 5.74) is 5.68. The molecule has 1 aliphatic rings. The van der Waals surface area contributed by atoms with E-state index in [4.69, 9.17) is 20.5 Å². The van der Waals surface area contributed by atoms with Gasteiger partial charge in [-0.15, -0.1) is 0 Å². The fourth-order valence-corrected chi connectivity index (χ4v) is 2.24. The molecule has 7 nitrogen and oxygen atoms in total. The van der Waals surface area contributed by atoms with Crippen LogP contribution in [0.1, 0.15) is 18.4 Å². The zero-order valence-electron chi connectivity index (χ0n) is 13.2. The minimum absolute atomic E-state index is 0.0128. The van der Waals surface area contributed by atoms with Crippen LogP contribution in [0.4, 0.5) is 0 Å². The molecule has 1 aromatic rings. The molecule has 126 valence electrons. The Morgan fingerprint density at radius 1 is 1.42 bits per heavy atom. The van der Waals surface area contributed by atoms with Gasteiger partial charge in [-0.3, -0.25) is 9.59 Å². The van der Waals surface area contributed by atoms with Crippen LogP contribution in [0.5, 0.6) is 5.75 Å². The number of carbonyl (C=O) groups is 2. The number of nitrogens with one attached hydrogen (secondary N) is 1. The standard InChI is InChI=1S/C17H19N3O4/c18-9-13(17(22)20-10-15-2-1-7-23-15)8-12-3-5-14(6-4-12)24-11-16(19)21/h3-6,8,15H,1-2,7,10-11H2,(H2,19,21)(H,20,22)/b13-8-/t15-/m0/s1. The van der Waals surface area contributed by atoms with Crippen molar-refractivity contribution in [3.8, 4) is 11.8 Å². The summed E-state index contributed by atoms with van der Waals surface area (Å²) in [7, 11) is 0. The molecule has 0 spiro atoms. The lowest BCUT2D eigenvalue weighted by Crippen LogP contribution is -2.32. The molecule has 0 unspecified atom stereocenters. The van der Waals surface area contributed by atoms with Crippen LogP contribution in [0.15, 0.2) is 29.8 Å². The van der Waals surface area contributed by atoms with Crippen LogP contribution >= 0.6 is 0 Å². The molecule has 3 N–H and O–H groups in total. The third-order valence-corrected chi connectivity index (χ3v) is 3.45. The Labute approximate surface area is 140 Å². The molecule has 1 heterocycles. The predicted octanol–water partition coefficient (Wildman–Crippen LogP) is 0.753. The van der Waals surface area contributed by atoms with E-state index >= 15 is 0 Å². The van der Waals surface area contributed by atoms with Crippen LogP contribution in [0.3, 0.4) is 0 Å². The number of primary amides is 1. The van der Waals surface area contributed by atoms with Crippen LogP contribution in [-0.2, 0) is 14.3 Å². The van der Waals surface area contributed by atoms with E-state index in [-0.39, 0.29) is 18.3 Å². The highest BCUT2D eigenvalue weighted by molar-refractivity contribution is 6.01. The summed E-state index contributed by atoms with van der Waals surface area (Å²) >= 11 is 0. The normalized spacial score (nSPS) is 17.1. The zero-order chi connectivity index (χ0) is 17.4. The van der Waals surface area contributed by atoms with Crippen LogP contribution < -0.4 is 15.8 Å². The number of benzene rings is 1. The average Bonchev–Trinajstić information content (AvgIpc) is 3.10. The van der Waals surface area contributed by atoms with Gasteiger partial charge in [-0.2, -0.15) is 5.26 Å². The van der Waals surface area contributed by atoms with E-state index in [1.165, 1.54) is 6.08 Å². The van der Waals surface area contributed by atoms with Gasteiger partial charge in [0.15, 0.2) is 6.61 Å².